The molecule has 0 unspecified atom stereocenters. The summed E-state index contributed by atoms with van der Waals surface area (Å²) in [5.41, 5.74) is 5.41. The lowest BCUT2D eigenvalue weighted by atomic mass is 9.98. The highest BCUT2D eigenvalue weighted by Crippen LogP contribution is 2.27. The smallest absolute Gasteiger partial charge is 0.240 e. The van der Waals surface area contributed by atoms with E-state index in [4.69, 9.17) is 10.8 Å². The number of aliphatic hydroxyl groups is 1. The fraction of sp³-hybridized carbons (Fsp3) is 0.909. The topological polar surface area (TPSA) is 75.4 Å². The van der Waals surface area contributed by atoms with E-state index in [2.05, 4.69) is 5.32 Å². The number of hydrogen-bond donors (Lipinski definition) is 3. The van der Waals surface area contributed by atoms with Crippen LogP contribution in [0.25, 0.3) is 0 Å². The molecule has 94 valence electrons. The van der Waals surface area contributed by atoms with Crippen molar-refractivity contribution < 1.29 is 9.90 Å². The van der Waals surface area contributed by atoms with Crippen LogP contribution in [0.15, 0.2) is 0 Å². The molecular weight excluding hydrogens is 224 g/mol. The van der Waals surface area contributed by atoms with Gasteiger partial charge >= 0.3 is 0 Å². The van der Waals surface area contributed by atoms with Gasteiger partial charge in [-0.2, -0.15) is 11.8 Å². The molecule has 0 spiro atoms. The van der Waals surface area contributed by atoms with Crippen molar-refractivity contribution >= 4 is 17.7 Å². The van der Waals surface area contributed by atoms with E-state index in [-0.39, 0.29) is 12.5 Å². The first-order chi connectivity index (χ1) is 7.69. The van der Waals surface area contributed by atoms with Crippen molar-refractivity contribution in [2.45, 2.75) is 37.6 Å². The lowest BCUT2D eigenvalue weighted by Gasteiger charge is -2.22. The molecule has 1 aliphatic rings. The lowest BCUT2D eigenvalue weighted by molar-refractivity contribution is -0.126. The number of nitrogens with one attached hydrogen (secondary N) is 1. The van der Waals surface area contributed by atoms with Gasteiger partial charge in [0, 0.05) is 18.9 Å². The number of amides is 1. The summed E-state index contributed by atoms with van der Waals surface area (Å²) in [5.74, 6) is 1.84. The molecule has 16 heavy (non-hydrogen) atoms. The van der Waals surface area contributed by atoms with Gasteiger partial charge in [0.2, 0.25) is 5.91 Å². The summed E-state index contributed by atoms with van der Waals surface area (Å²) in [6.45, 7) is 0.916. The van der Waals surface area contributed by atoms with Crippen LogP contribution in [0.1, 0.15) is 32.1 Å². The highest BCUT2D eigenvalue weighted by molar-refractivity contribution is 7.99. The highest BCUT2D eigenvalue weighted by Gasteiger charge is 2.36. The van der Waals surface area contributed by atoms with Crippen molar-refractivity contribution in [1.82, 2.24) is 5.32 Å². The summed E-state index contributed by atoms with van der Waals surface area (Å²) >= 11 is 1.75. The Labute approximate surface area is 101 Å². The van der Waals surface area contributed by atoms with E-state index in [0.717, 1.165) is 43.6 Å². The first-order valence-electron chi connectivity index (χ1n) is 5.95. The quantitative estimate of drug-likeness (QED) is 0.572. The Morgan fingerprint density at radius 2 is 2.06 bits per heavy atom. The maximum absolute atomic E-state index is 11.8. The van der Waals surface area contributed by atoms with E-state index in [1.165, 1.54) is 0 Å². The molecule has 1 rings (SSSR count). The van der Waals surface area contributed by atoms with Gasteiger partial charge < -0.3 is 16.2 Å². The molecule has 0 aromatic rings. The van der Waals surface area contributed by atoms with Gasteiger partial charge in [-0.05, 0) is 25.0 Å². The highest BCUT2D eigenvalue weighted by atomic mass is 32.2. The molecule has 0 aromatic carbocycles. The van der Waals surface area contributed by atoms with E-state index >= 15 is 0 Å². The van der Waals surface area contributed by atoms with Crippen molar-refractivity contribution in [2.75, 3.05) is 24.7 Å². The number of aliphatic hydroxyl groups excluding tert-OH is 1. The molecule has 1 fully saturated rings. The van der Waals surface area contributed by atoms with Crippen molar-refractivity contribution in [1.29, 1.82) is 0 Å². The first kappa shape index (κ1) is 13.8. The second-order valence-electron chi connectivity index (χ2n) is 4.31. The van der Waals surface area contributed by atoms with Gasteiger partial charge in [-0.15, -0.1) is 0 Å². The van der Waals surface area contributed by atoms with Crippen LogP contribution in [-0.4, -0.2) is 41.2 Å². The molecule has 1 amide bonds. The van der Waals surface area contributed by atoms with Gasteiger partial charge in [0.05, 0.1) is 5.54 Å². The molecule has 1 aliphatic carbocycles. The predicted octanol–water partition coefficient (Wildman–Crippen LogP) is 0.490. The van der Waals surface area contributed by atoms with E-state index < -0.39 is 5.54 Å². The fourth-order valence-electron chi connectivity index (χ4n) is 1.91. The van der Waals surface area contributed by atoms with Crippen LogP contribution in [0.5, 0.6) is 0 Å². The molecule has 4 N–H and O–H groups in total. The number of nitrogens with two attached hydrogens (primary N) is 1. The van der Waals surface area contributed by atoms with Crippen LogP contribution >= 0.6 is 11.8 Å². The number of hydrogen-bond acceptors (Lipinski definition) is 4. The summed E-state index contributed by atoms with van der Waals surface area (Å²) in [6, 6.07) is 0. The third kappa shape index (κ3) is 4.31. The third-order valence-electron chi connectivity index (χ3n) is 2.93. The Hall–Kier alpha value is -0.260. The second-order valence-corrected chi connectivity index (χ2v) is 5.53. The number of thioether (sulfide) groups is 1. The van der Waals surface area contributed by atoms with E-state index in [1.54, 1.807) is 11.8 Å². The van der Waals surface area contributed by atoms with Gasteiger partial charge in [0.25, 0.3) is 0 Å². The summed E-state index contributed by atoms with van der Waals surface area (Å²) in [5, 5.41) is 11.5. The van der Waals surface area contributed by atoms with Gasteiger partial charge in [-0.3, -0.25) is 4.79 Å². The Morgan fingerprint density at radius 1 is 1.38 bits per heavy atom. The molecule has 0 bridgehead atoms. The zero-order valence-corrected chi connectivity index (χ0v) is 10.5. The summed E-state index contributed by atoms with van der Waals surface area (Å²) < 4.78 is 0. The van der Waals surface area contributed by atoms with E-state index in [9.17, 15) is 4.79 Å². The van der Waals surface area contributed by atoms with Crippen LogP contribution in [0.4, 0.5) is 0 Å². The Balaban J connectivity index is 2.06. The van der Waals surface area contributed by atoms with Gasteiger partial charge in [-0.1, -0.05) is 12.8 Å². The number of carbonyl (C=O) groups excluding carboxylic acids is 1. The molecular formula is C11H22N2O2S. The second kappa shape index (κ2) is 7.14. The van der Waals surface area contributed by atoms with Crippen molar-refractivity contribution in [2.24, 2.45) is 5.73 Å². The van der Waals surface area contributed by atoms with Crippen LogP contribution in [0, 0.1) is 0 Å². The predicted molar refractivity (Wildman–Crippen MR) is 67.4 cm³/mol. The average Bonchev–Trinajstić information content (AvgIpc) is 2.71. The maximum atomic E-state index is 11.8. The Morgan fingerprint density at radius 3 is 2.69 bits per heavy atom. The molecule has 0 atom stereocenters. The molecule has 4 nitrogen and oxygen atoms in total. The van der Waals surface area contributed by atoms with Gasteiger partial charge in [-0.25, -0.2) is 0 Å². The van der Waals surface area contributed by atoms with E-state index in [1.807, 2.05) is 0 Å². The standard InChI is InChI=1S/C11H22N2O2S/c12-11(4-1-2-5-11)10(15)13-6-9-16-8-3-7-14/h14H,1-9,12H2,(H,13,15). The van der Waals surface area contributed by atoms with E-state index in [0.29, 0.717) is 6.54 Å². The molecule has 0 aromatic heterocycles. The molecule has 0 aliphatic heterocycles. The molecule has 0 saturated heterocycles. The van der Waals surface area contributed by atoms with Gasteiger partial charge in [0.1, 0.15) is 0 Å². The van der Waals surface area contributed by atoms with Crippen molar-refractivity contribution in [3.63, 3.8) is 0 Å². The normalized spacial score (nSPS) is 18.6. The Kier molecular flexibility index (Phi) is 6.16. The molecule has 5 heteroatoms. The molecule has 0 radical (unpaired) electrons. The van der Waals surface area contributed by atoms with Crippen molar-refractivity contribution in [3.8, 4) is 0 Å². The average molecular weight is 246 g/mol. The number of carbonyl (C=O) groups is 1. The molecule has 1 saturated carbocycles. The van der Waals surface area contributed by atoms with Crippen LogP contribution in [0.3, 0.4) is 0 Å². The monoisotopic (exact) mass is 246 g/mol. The minimum Gasteiger partial charge on any atom is -0.396 e. The van der Waals surface area contributed by atoms with Crippen LogP contribution in [0.2, 0.25) is 0 Å². The third-order valence-corrected chi connectivity index (χ3v) is 4.00. The Bertz CT molecular complexity index is 218. The van der Waals surface area contributed by atoms with Gasteiger partial charge in [0.15, 0.2) is 0 Å². The van der Waals surface area contributed by atoms with Crippen LogP contribution < -0.4 is 11.1 Å². The summed E-state index contributed by atoms with van der Waals surface area (Å²) in [6.07, 6.45) is 4.58. The largest absolute Gasteiger partial charge is 0.396 e. The zero-order valence-electron chi connectivity index (χ0n) is 9.71. The summed E-state index contributed by atoms with van der Waals surface area (Å²) in [4.78, 5) is 11.8. The van der Waals surface area contributed by atoms with Crippen LogP contribution in [-0.2, 0) is 4.79 Å². The lowest BCUT2D eigenvalue weighted by Crippen LogP contribution is -2.52. The minimum atomic E-state index is -0.601. The van der Waals surface area contributed by atoms with Crippen molar-refractivity contribution in [3.05, 3.63) is 0 Å². The number of rotatable bonds is 7. The zero-order chi connectivity index (χ0) is 11.9. The molecule has 0 heterocycles. The first-order valence-corrected chi connectivity index (χ1v) is 7.10. The maximum Gasteiger partial charge on any atom is 0.240 e. The SMILES string of the molecule is NC1(C(=O)NCCSCCCO)CCCC1. The fourth-order valence-corrected chi connectivity index (χ4v) is 2.70. The minimum absolute atomic E-state index is 0.00718. The summed E-state index contributed by atoms with van der Waals surface area (Å²) in [7, 11) is 0.